The van der Waals surface area contributed by atoms with Crippen LogP contribution in [0.15, 0.2) is 0 Å². The van der Waals surface area contributed by atoms with Crippen molar-refractivity contribution in [3.05, 3.63) is 0 Å². The van der Waals surface area contributed by atoms with Crippen molar-refractivity contribution in [3.63, 3.8) is 0 Å². The number of rotatable bonds is 6. The fourth-order valence-electron chi connectivity index (χ4n) is 1.56. The van der Waals surface area contributed by atoms with Crippen LogP contribution in [-0.2, 0) is 0 Å². The fraction of sp³-hybridized carbons (Fsp3) is 1.00. The van der Waals surface area contributed by atoms with E-state index in [9.17, 15) is 48.3 Å². The molecular weight excluding hydrogens is 329 g/mol. The van der Waals surface area contributed by atoms with E-state index in [4.69, 9.17) is 0 Å². The normalized spacial score (nSPS) is 14.9. The SMILES string of the molecule is FC(F)(F)CCC(CCC(F)(F)F)CC(F)(F)C(F)(F)F. The van der Waals surface area contributed by atoms with Crippen LogP contribution in [-0.4, -0.2) is 24.5 Å². The average Bonchev–Trinajstić information content (AvgIpc) is 2.17. The molecule has 0 bridgehead atoms. The molecule has 0 N–H and O–H groups in total. The van der Waals surface area contributed by atoms with E-state index in [1.165, 1.54) is 0 Å². The van der Waals surface area contributed by atoms with Gasteiger partial charge in [-0.15, -0.1) is 0 Å². The molecule has 0 unspecified atom stereocenters. The zero-order valence-corrected chi connectivity index (χ0v) is 10.3. The van der Waals surface area contributed by atoms with Gasteiger partial charge in [0.15, 0.2) is 0 Å². The standard InChI is InChI=1S/C10H11F11/c11-7(12,10(19,20)21)5-6(1-3-8(13,14)15)2-4-9(16,17)18/h6H,1-5H2. The van der Waals surface area contributed by atoms with Gasteiger partial charge < -0.3 is 0 Å². The number of halogens is 11. The molecule has 0 aliphatic rings. The van der Waals surface area contributed by atoms with E-state index in [-0.39, 0.29) is 0 Å². The summed E-state index contributed by atoms with van der Waals surface area (Å²) in [6.45, 7) is 0. The van der Waals surface area contributed by atoms with Crippen LogP contribution in [0.3, 0.4) is 0 Å². The Hall–Kier alpha value is -0.770. The highest BCUT2D eigenvalue weighted by molar-refractivity contribution is 4.80. The fourth-order valence-corrected chi connectivity index (χ4v) is 1.56. The second kappa shape index (κ2) is 6.55. The van der Waals surface area contributed by atoms with Crippen molar-refractivity contribution in [2.75, 3.05) is 0 Å². The van der Waals surface area contributed by atoms with E-state index in [1.807, 2.05) is 0 Å². The Kier molecular flexibility index (Phi) is 6.31. The number of hydrogen-bond acceptors (Lipinski definition) is 0. The molecule has 0 spiro atoms. The third-order valence-corrected chi connectivity index (χ3v) is 2.63. The van der Waals surface area contributed by atoms with Crippen LogP contribution in [0.25, 0.3) is 0 Å². The van der Waals surface area contributed by atoms with Gasteiger partial charge >= 0.3 is 24.5 Å². The molecule has 0 saturated carbocycles. The highest BCUT2D eigenvalue weighted by Gasteiger charge is 2.58. The summed E-state index contributed by atoms with van der Waals surface area (Å²) in [5.41, 5.74) is 0. The average molecular weight is 340 g/mol. The summed E-state index contributed by atoms with van der Waals surface area (Å²) in [7, 11) is 0. The van der Waals surface area contributed by atoms with Crippen LogP contribution >= 0.6 is 0 Å². The Morgan fingerprint density at radius 1 is 0.571 bits per heavy atom. The lowest BCUT2D eigenvalue weighted by Crippen LogP contribution is -2.38. The molecule has 0 fully saturated rings. The third kappa shape index (κ3) is 8.97. The molecule has 0 atom stereocenters. The van der Waals surface area contributed by atoms with Crippen molar-refractivity contribution in [3.8, 4) is 0 Å². The van der Waals surface area contributed by atoms with E-state index in [1.54, 1.807) is 0 Å². The number of hydrogen-bond donors (Lipinski definition) is 0. The first kappa shape index (κ1) is 20.2. The minimum Gasteiger partial charge on any atom is -0.196 e. The molecule has 21 heavy (non-hydrogen) atoms. The second-order valence-electron chi connectivity index (χ2n) is 4.58. The minimum absolute atomic E-state index is 1.22. The molecule has 0 amide bonds. The maximum absolute atomic E-state index is 12.7. The monoisotopic (exact) mass is 340 g/mol. The molecule has 0 saturated heterocycles. The minimum atomic E-state index is -6.01. The molecule has 0 rings (SSSR count). The van der Waals surface area contributed by atoms with Crippen LogP contribution in [0.1, 0.15) is 32.1 Å². The molecule has 0 aliphatic heterocycles. The molecule has 0 aromatic heterocycles. The van der Waals surface area contributed by atoms with Gasteiger partial charge in [-0.25, -0.2) is 0 Å². The van der Waals surface area contributed by atoms with Crippen LogP contribution in [0.4, 0.5) is 48.3 Å². The molecular formula is C10H11F11. The Labute approximate surface area is 112 Å². The molecule has 0 aliphatic carbocycles. The summed E-state index contributed by atoms with van der Waals surface area (Å²) in [6.07, 6.45) is -23.7. The quantitative estimate of drug-likeness (QED) is 0.530. The first-order valence-electron chi connectivity index (χ1n) is 5.61. The lowest BCUT2D eigenvalue weighted by Gasteiger charge is -2.25. The lowest BCUT2D eigenvalue weighted by molar-refractivity contribution is -0.289. The molecule has 0 radical (unpaired) electrons. The highest BCUT2D eigenvalue weighted by atomic mass is 19.4. The summed E-state index contributed by atoms with van der Waals surface area (Å²) in [4.78, 5) is 0. The van der Waals surface area contributed by atoms with Crippen molar-refractivity contribution in [2.45, 2.75) is 56.6 Å². The van der Waals surface area contributed by atoms with Gasteiger partial charge in [-0.3, -0.25) is 0 Å². The molecule has 0 aromatic rings. The Bertz CT molecular complexity index is 290. The van der Waals surface area contributed by atoms with Crippen LogP contribution < -0.4 is 0 Å². The lowest BCUT2D eigenvalue weighted by atomic mass is 9.90. The van der Waals surface area contributed by atoms with Gasteiger partial charge in [0, 0.05) is 19.3 Å². The molecule has 0 nitrogen and oxygen atoms in total. The molecule has 0 heterocycles. The van der Waals surface area contributed by atoms with Crippen molar-refractivity contribution >= 4 is 0 Å². The van der Waals surface area contributed by atoms with E-state index >= 15 is 0 Å². The highest BCUT2D eigenvalue weighted by Crippen LogP contribution is 2.43. The molecule has 128 valence electrons. The Morgan fingerprint density at radius 2 is 0.905 bits per heavy atom. The van der Waals surface area contributed by atoms with Crippen molar-refractivity contribution in [1.29, 1.82) is 0 Å². The van der Waals surface area contributed by atoms with Gasteiger partial charge in [0.2, 0.25) is 0 Å². The zero-order valence-electron chi connectivity index (χ0n) is 10.3. The van der Waals surface area contributed by atoms with Gasteiger partial charge in [0.25, 0.3) is 0 Å². The predicted octanol–water partition coefficient (Wildman–Crippen LogP) is 5.88. The topological polar surface area (TPSA) is 0 Å². The summed E-state index contributed by atoms with van der Waals surface area (Å²) >= 11 is 0. The summed E-state index contributed by atoms with van der Waals surface area (Å²) < 4.78 is 133. The van der Waals surface area contributed by atoms with Crippen LogP contribution in [0.5, 0.6) is 0 Å². The largest absolute Gasteiger partial charge is 0.453 e. The van der Waals surface area contributed by atoms with Gasteiger partial charge in [0.1, 0.15) is 0 Å². The summed E-state index contributed by atoms with van der Waals surface area (Å²) in [6, 6.07) is 0. The smallest absolute Gasteiger partial charge is 0.196 e. The van der Waals surface area contributed by atoms with E-state index < -0.39 is 62.5 Å². The zero-order chi connectivity index (χ0) is 17.1. The maximum Gasteiger partial charge on any atom is 0.453 e. The van der Waals surface area contributed by atoms with Crippen LogP contribution in [0, 0.1) is 5.92 Å². The maximum atomic E-state index is 12.7. The van der Waals surface area contributed by atoms with Gasteiger partial charge in [0.05, 0.1) is 0 Å². The van der Waals surface area contributed by atoms with Crippen molar-refractivity contribution < 1.29 is 48.3 Å². The van der Waals surface area contributed by atoms with E-state index in [0.29, 0.717) is 0 Å². The predicted molar refractivity (Wildman–Crippen MR) is 49.7 cm³/mol. The van der Waals surface area contributed by atoms with Gasteiger partial charge in [-0.2, -0.15) is 48.3 Å². The summed E-state index contributed by atoms with van der Waals surface area (Å²) in [5, 5.41) is 0. The number of alkyl halides is 11. The van der Waals surface area contributed by atoms with Gasteiger partial charge in [-0.1, -0.05) is 0 Å². The van der Waals surface area contributed by atoms with Crippen molar-refractivity contribution in [2.24, 2.45) is 5.92 Å². The summed E-state index contributed by atoms with van der Waals surface area (Å²) in [5.74, 6) is -7.36. The third-order valence-electron chi connectivity index (χ3n) is 2.63. The van der Waals surface area contributed by atoms with E-state index in [0.717, 1.165) is 0 Å². The van der Waals surface area contributed by atoms with Crippen LogP contribution in [0.2, 0.25) is 0 Å². The van der Waals surface area contributed by atoms with E-state index in [2.05, 4.69) is 0 Å². The molecule has 0 aromatic carbocycles. The molecule has 11 heteroatoms. The van der Waals surface area contributed by atoms with Crippen molar-refractivity contribution in [1.82, 2.24) is 0 Å². The Balaban J connectivity index is 4.80. The van der Waals surface area contributed by atoms with Gasteiger partial charge in [-0.05, 0) is 18.8 Å². The second-order valence-corrected chi connectivity index (χ2v) is 4.58. The first-order chi connectivity index (χ1) is 9.04. The Morgan fingerprint density at radius 3 is 1.14 bits per heavy atom. The first-order valence-corrected chi connectivity index (χ1v) is 5.61.